The Hall–Kier alpha value is -1.30. The number of hydrogen-bond donors (Lipinski definition) is 2. The van der Waals surface area contributed by atoms with Crippen LogP contribution >= 0.6 is 11.6 Å². The maximum atomic E-state index is 11.9. The third kappa shape index (κ3) is 5.96. The van der Waals surface area contributed by atoms with Crippen molar-refractivity contribution >= 4 is 17.6 Å². The fourth-order valence-electron chi connectivity index (χ4n) is 3.00. The van der Waals surface area contributed by atoms with Gasteiger partial charge >= 0.3 is 6.03 Å². The third-order valence-electron chi connectivity index (χ3n) is 4.56. The van der Waals surface area contributed by atoms with Gasteiger partial charge in [-0.2, -0.15) is 0 Å². The number of benzene rings is 1. The highest BCUT2D eigenvalue weighted by atomic mass is 35.5. The lowest BCUT2D eigenvalue weighted by Crippen LogP contribution is -2.44. The highest BCUT2D eigenvalue weighted by Crippen LogP contribution is 2.27. The molecule has 1 atom stereocenters. The maximum absolute atomic E-state index is 11.9. The minimum atomic E-state index is -0.156. The van der Waals surface area contributed by atoms with Crippen molar-refractivity contribution in [3.63, 3.8) is 0 Å². The smallest absolute Gasteiger partial charge is 0.314 e. The number of methoxy groups -OCH3 is 1. The van der Waals surface area contributed by atoms with Gasteiger partial charge in [0.25, 0.3) is 0 Å². The van der Waals surface area contributed by atoms with Crippen molar-refractivity contribution in [1.29, 1.82) is 0 Å². The Labute approximate surface area is 149 Å². The number of halogens is 1. The molecule has 0 bridgehead atoms. The van der Waals surface area contributed by atoms with Crippen LogP contribution < -0.4 is 10.6 Å². The molecule has 2 N–H and O–H groups in total. The first-order valence-corrected chi connectivity index (χ1v) is 8.98. The Kier molecular flexibility index (Phi) is 7.82. The highest BCUT2D eigenvalue weighted by Gasteiger charge is 2.25. The normalized spacial score (nSPS) is 17.5. The van der Waals surface area contributed by atoms with E-state index in [1.807, 2.05) is 12.1 Å². The summed E-state index contributed by atoms with van der Waals surface area (Å²) in [6, 6.07) is 7.94. The van der Waals surface area contributed by atoms with Gasteiger partial charge in [0, 0.05) is 25.2 Å². The van der Waals surface area contributed by atoms with Gasteiger partial charge in [0.15, 0.2) is 0 Å². The van der Waals surface area contributed by atoms with E-state index < -0.39 is 0 Å². The zero-order valence-electron chi connectivity index (χ0n) is 14.6. The van der Waals surface area contributed by atoms with Crippen LogP contribution in [0.4, 0.5) is 4.79 Å². The predicted octanol–water partition coefficient (Wildman–Crippen LogP) is 3.06. The Bertz CT molecular complexity index is 501. The van der Waals surface area contributed by atoms with E-state index in [0.29, 0.717) is 19.7 Å². The quantitative estimate of drug-likeness (QED) is 0.741. The zero-order chi connectivity index (χ0) is 17.4. The number of nitrogens with one attached hydrogen (secondary N) is 2. The molecule has 5 nitrogen and oxygen atoms in total. The summed E-state index contributed by atoms with van der Waals surface area (Å²) < 4.78 is 4.94. The Morgan fingerprint density at radius 3 is 2.58 bits per heavy atom. The summed E-state index contributed by atoms with van der Waals surface area (Å²) in [6.07, 6.45) is 2.40. The number of hydrogen-bond acceptors (Lipinski definition) is 3. The molecule has 1 saturated heterocycles. The summed E-state index contributed by atoms with van der Waals surface area (Å²) in [5.41, 5.74) is 1.19. The average molecular weight is 354 g/mol. The number of amides is 2. The largest absolute Gasteiger partial charge is 0.383 e. The van der Waals surface area contributed by atoms with Crippen molar-refractivity contribution in [2.75, 3.05) is 39.9 Å². The van der Waals surface area contributed by atoms with Gasteiger partial charge in [-0.1, -0.05) is 30.7 Å². The summed E-state index contributed by atoms with van der Waals surface area (Å²) in [5.74, 6) is 0.775. The summed E-state index contributed by atoms with van der Waals surface area (Å²) >= 11 is 6.01. The molecule has 0 aromatic heterocycles. The van der Waals surface area contributed by atoms with E-state index in [4.69, 9.17) is 16.3 Å². The van der Waals surface area contributed by atoms with Crippen LogP contribution in [0, 0.1) is 5.92 Å². The van der Waals surface area contributed by atoms with Crippen molar-refractivity contribution < 1.29 is 9.53 Å². The van der Waals surface area contributed by atoms with E-state index in [0.717, 1.165) is 24.0 Å². The first-order chi connectivity index (χ1) is 11.6. The van der Waals surface area contributed by atoms with Gasteiger partial charge in [0.2, 0.25) is 0 Å². The molecule has 1 aliphatic rings. The van der Waals surface area contributed by atoms with Crippen LogP contribution in [0.3, 0.4) is 0 Å². The lowest BCUT2D eigenvalue weighted by atomic mass is 9.95. The average Bonchev–Trinajstić information content (AvgIpc) is 2.58. The number of piperidine rings is 1. The standard InChI is InChI=1S/C18H28ClN3O2/c1-14-7-10-22(11-8-14)17(15-3-5-16(19)6-4-15)13-21-18(23)20-9-12-24-2/h3-6,14,17H,7-13H2,1-2H3,(H2,20,21,23). The molecule has 1 aromatic rings. The molecule has 0 saturated carbocycles. The van der Waals surface area contributed by atoms with Gasteiger partial charge in [-0.15, -0.1) is 0 Å². The molecule has 2 amide bonds. The molecular weight excluding hydrogens is 326 g/mol. The fraction of sp³-hybridized carbons (Fsp3) is 0.611. The lowest BCUT2D eigenvalue weighted by molar-refractivity contribution is 0.136. The first kappa shape index (κ1) is 19.0. The van der Waals surface area contributed by atoms with Gasteiger partial charge in [-0.05, 0) is 49.5 Å². The second kappa shape index (κ2) is 9.87. The number of nitrogens with zero attached hydrogens (tertiary/aromatic N) is 1. The van der Waals surface area contributed by atoms with Crippen LogP contribution in [0.2, 0.25) is 5.02 Å². The molecule has 1 aliphatic heterocycles. The molecule has 1 aromatic carbocycles. The molecule has 0 spiro atoms. The van der Waals surface area contributed by atoms with Crippen molar-refractivity contribution in [3.05, 3.63) is 34.9 Å². The summed E-state index contributed by atoms with van der Waals surface area (Å²) in [6.45, 7) is 6.01. The monoisotopic (exact) mass is 353 g/mol. The molecular formula is C18H28ClN3O2. The van der Waals surface area contributed by atoms with Gasteiger partial charge < -0.3 is 15.4 Å². The van der Waals surface area contributed by atoms with E-state index in [9.17, 15) is 4.79 Å². The number of carbonyl (C=O) groups is 1. The molecule has 2 rings (SSSR count). The minimum Gasteiger partial charge on any atom is -0.383 e. The fourth-order valence-corrected chi connectivity index (χ4v) is 3.13. The molecule has 6 heteroatoms. The van der Waals surface area contributed by atoms with Crippen molar-refractivity contribution in [2.45, 2.75) is 25.8 Å². The number of rotatable bonds is 7. The first-order valence-electron chi connectivity index (χ1n) is 8.60. The molecule has 24 heavy (non-hydrogen) atoms. The predicted molar refractivity (Wildman–Crippen MR) is 97.4 cm³/mol. The summed E-state index contributed by atoms with van der Waals surface area (Å²) in [4.78, 5) is 14.4. The number of likely N-dealkylation sites (tertiary alicyclic amines) is 1. The topological polar surface area (TPSA) is 53.6 Å². The van der Waals surface area contributed by atoms with Crippen LogP contribution in [0.5, 0.6) is 0 Å². The van der Waals surface area contributed by atoms with Gasteiger partial charge in [-0.25, -0.2) is 4.79 Å². The molecule has 0 radical (unpaired) electrons. The van der Waals surface area contributed by atoms with Gasteiger partial charge in [0.05, 0.1) is 12.6 Å². The van der Waals surface area contributed by atoms with Crippen molar-refractivity contribution in [3.8, 4) is 0 Å². The molecule has 1 fully saturated rings. The molecule has 1 unspecified atom stereocenters. The molecule has 0 aliphatic carbocycles. The SMILES string of the molecule is COCCNC(=O)NCC(c1ccc(Cl)cc1)N1CCC(C)CC1. The molecule has 134 valence electrons. The Morgan fingerprint density at radius 1 is 1.29 bits per heavy atom. The number of urea groups is 1. The second-order valence-corrected chi connectivity index (χ2v) is 6.85. The Balaban J connectivity index is 1.97. The second-order valence-electron chi connectivity index (χ2n) is 6.42. The highest BCUT2D eigenvalue weighted by molar-refractivity contribution is 6.30. The van der Waals surface area contributed by atoms with Crippen LogP contribution in [-0.4, -0.2) is 50.8 Å². The number of carbonyl (C=O) groups excluding carboxylic acids is 1. The van der Waals surface area contributed by atoms with E-state index in [-0.39, 0.29) is 12.1 Å². The molecule has 1 heterocycles. The van der Waals surface area contributed by atoms with Gasteiger partial charge in [0.1, 0.15) is 0 Å². The zero-order valence-corrected chi connectivity index (χ0v) is 15.3. The van der Waals surface area contributed by atoms with Crippen molar-refractivity contribution in [1.82, 2.24) is 15.5 Å². The minimum absolute atomic E-state index is 0.156. The van der Waals surface area contributed by atoms with E-state index >= 15 is 0 Å². The van der Waals surface area contributed by atoms with Gasteiger partial charge in [-0.3, -0.25) is 4.90 Å². The van der Waals surface area contributed by atoms with Crippen LogP contribution in [0.25, 0.3) is 0 Å². The lowest BCUT2D eigenvalue weighted by Gasteiger charge is -2.37. The summed E-state index contributed by atoms with van der Waals surface area (Å²) in [5, 5.41) is 6.51. The van der Waals surface area contributed by atoms with Crippen molar-refractivity contribution in [2.24, 2.45) is 5.92 Å². The maximum Gasteiger partial charge on any atom is 0.314 e. The van der Waals surface area contributed by atoms with E-state index in [1.54, 1.807) is 7.11 Å². The van der Waals surface area contributed by atoms with Crippen LogP contribution in [0.15, 0.2) is 24.3 Å². The third-order valence-corrected chi connectivity index (χ3v) is 4.81. The van der Waals surface area contributed by atoms with Crippen LogP contribution in [0.1, 0.15) is 31.4 Å². The van der Waals surface area contributed by atoms with E-state index in [1.165, 1.54) is 18.4 Å². The van der Waals surface area contributed by atoms with Crippen LogP contribution in [-0.2, 0) is 4.74 Å². The summed E-state index contributed by atoms with van der Waals surface area (Å²) in [7, 11) is 1.62. The van der Waals surface area contributed by atoms with E-state index in [2.05, 4.69) is 34.6 Å². The number of ether oxygens (including phenoxy) is 1. The Morgan fingerprint density at radius 2 is 1.96 bits per heavy atom.